The van der Waals surface area contributed by atoms with Gasteiger partial charge in [-0.2, -0.15) is 4.98 Å². The number of carbonyl (C=O) groups is 2. The first kappa shape index (κ1) is 18.6. The van der Waals surface area contributed by atoms with E-state index in [0.717, 1.165) is 12.1 Å². The summed E-state index contributed by atoms with van der Waals surface area (Å²) in [5, 5.41) is 2.65. The van der Waals surface area contributed by atoms with Crippen molar-refractivity contribution >= 4 is 17.8 Å². The molecule has 1 aliphatic rings. The Hall–Kier alpha value is -3.23. The van der Waals surface area contributed by atoms with E-state index in [9.17, 15) is 18.4 Å². The van der Waals surface area contributed by atoms with Gasteiger partial charge in [0.25, 0.3) is 5.91 Å². The molecule has 7 nitrogen and oxygen atoms in total. The van der Waals surface area contributed by atoms with Gasteiger partial charge in [0.1, 0.15) is 23.0 Å². The van der Waals surface area contributed by atoms with Crippen LogP contribution in [0.15, 0.2) is 36.4 Å². The minimum atomic E-state index is -0.899. The predicted octanol–water partition coefficient (Wildman–Crippen LogP) is 2.36. The molecule has 2 aromatic rings. The number of urea groups is 1. The fraction of sp³-hybridized carbons (Fsp3) is 0.278. The average molecular weight is 376 g/mol. The van der Waals surface area contributed by atoms with Crippen LogP contribution < -0.4 is 10.1 Å². The number of pyridine rings is 1. The molecule has 0 unspecified atom stereocenters. The lowest BCUT2D eigenvalue weighted by Crippen LogP contribution is -2.52. The van der Waals surface area contributed by atoms with Crippen molar-refractivity contribution in [2.45, 2.75) is 0 Å². The molecule has 142 valence electrons. The van der Waals surface area contributed by atoms with Gasteiger partial charge < -0.3 is 14.5 Å². The number of hydrogen-bond acceptors (Lipinski definition) is 4. The van der Waals surface area contributed by atoms with Crippen molar-refractivity contribution in [3.8, 4) is 5.88 Å². The van der Waals surface area contributed by atoms with E-state index in [4.69, 9.17) is 4.74 Å². The van der Waals surface area contributed by atoms with Crippen molar-refractivity contribution in [3.05, 3.63) is 53.6 Å². The van der Waals surface area contributed by atoms with E-state index < -0.39 is 23.1 Å². The second kappa shape index (κ2) is 7.98. The van der Waals surface area contributed by atoms with Gasteiger partial charge in [-0.1, -0.05) is 12.1 Å². The molecule has 3 rings (SSSR count). The molecule has 0 aliphatic carbocycles. The number of ether oxygens (including phenoxy) is 1. The molecule has 27 heavy (non-hydrogen) atoms. The number of carbonyl (C=O) groups excluding carboxylic acids is 2. The van der Waals surface area contributed by atoms with Crippen LogP contribution in [0.5, 0.6) is 5.88 Å². The number of methoxy groups -OCH3 is 1. The highest BCUT2D eigenvalue weighted by Gasteiger charge is 2.28. The number of anilines is 1. The summed E-state index contributed by atoms with van der Waals surface area (Å²) in [4.78, 5) is 31.6. The van der Waals surface area contributed by atoms with E-state index in [1.54, 1.807) is 18.2 Å². The molecule has 1 aromatic carbocycles. The van der Waals surface area contributed by atoms with Crippen LogP contribution in [0, 0.1) is 11.6 Å². The molecule has 3 amide bonds. The van der Waals surface area contributed by atoms with E-state index >= 15 is 0 Å². The average Bonchev–Trinajstić information content (AvgIpc) is 2.68. The first-order chi connectivity index (χ1) is 13.0. The van der Waals surface area contributed by atoms with Gasteiger partial charge in [-0.05, 0) is 18.2 Å². The van der Waals surface area contributed by atoms with Gasteiger partial charge >= 0.3 is 6.03 Å². The fourth-order valence-electron chi connectivity index (χ4n) is 2.76. The number of rotatable bonds is 3. The van der Waals surface area contributed by atoms with Gasteiger partial charge in [0.05, 0.1) is 7.11 Å². The summed E-state index contributed by atoms with van der Waals surface area (Å²) in [7, 11) is 1.47. The van der Waals surface area contributed by atoms with Gasteiger partial charge in [0.2, 0.25) is 5.88 Å². The molecule has 0 atom stereocenters. The normalized spacial score (nSPS) is 14.0. The molecule has 0 spiro atoms. The molecular weight excluding hydrogens is 358 g/mol. The van der Waals surface area contributed by atoms with Crippen LogP contribution in [0.4, 0.5) is 19.4 Å². The largest absolute Gasteiger partial charge is 0.481 e. The maximum Gasteiger partial charge on any atom is 0.323 e. The summed E-state index contributed by atoms with van der Waals surface area (Å²) in [5.74, 6) is -1.81. The van der Waals surface area contributed by atoms with Gasteiger partial charge in [-0.3, -0.25) is 10.1 Å². The first-order valence-corrected chi connectivity index (χ1v) is 8.30. The number of piperazine rings is 1. The van der Waals surface area contributed by atoms with Crippen LogP contribution in [-0.2, 0) is 0 Å². The summed E-state index contributed by atoms with van der Waals surface area (Å²) in [6.07, 6.45) is 0. The summed E-state index contributed by atoms with van der Waals surface area (Å²) >= 11 is 0. The number of nitrogens with one attached hydrogen (secondary N) is 1. The summed E-state index contributed by atoms with van der Waals surface area (Å²) in [6, 6.07) is 7.89. The third-order valence-corrected chi connectivity index (χ3v) is 4.20. The van der Waals surface area contributed by atoms with Crippen LogP contribution in [-0.4, -0.2) is 60.0 Å². The molecule has 2 heterocycles. The van der Waals surface area contributed by atoms with Crippen molar-refractivity contribution < 1.29 is 23.1 Å². The molecule has 1 aliphatic heterocycles. The number of benzene rings is 1. The van der Waals surface area contributed by atoms with Crippen molar-refractivity contribution in [1.29, 1.82) is 0 Å². The standard InChI is InChI=1S/C18H18F2N4O3/c1-27-15-7-3-6-14(21-15)22-18(26)24-10-8-23(9-11-24)17(25)16-12(19)4-2-5-13(16)20/h2-7H,8-11H2,1H3,(H,21,22,26). The van der Waals surface area contributed by atoms with Crippen molar-refractivity contribution in [3.63, 3.8) is 0 Å². The van der Waals surface area contributed by atoms with E-state index in [1.165, 1.54) is 23.0 Å². The zero-order valence-corrected chi connectivity index (χ0v) is 14.6. The lowest BCUT2D eigenvalue weighted by atomic mass is 10.1. The number of aromatic nitrogens is 1. The Morgan fingerprint density at radius 1 is 1.00 bits per heavy atom. The van der Waals surface area contributed by atoms with E-state index in [-0.39, 0.29) is 32.2 Å². The summed E-state index contributed by atoms with van der Waals surface area (Å²) < 4.78 is 32.6. The maximum absolute atomic E-state index is 13.8. The summed E-state index contributed by atoms with van der Waals surface area (Å²) in [6.45, 7) is 0.812. The number of nitrogens with zero attached hydrogens (tertiary/aromatic N) is 3. The monoisotopic (exact) mass is 376 g/mol. The third-order valence-electron chi connectivity index (χ3n) is 4.20. The molecule has 0 saturated carbocycles. The number of halogens is 2. The van der Waals surface area contributed by atoms with E-state index in [0.29, 0.717) is 11.7 Å². The molecule has 1 aromatic heterocycles. The molecule has 1 fully saturated rings. The van der Waals surface area contributed by atoms with Crippen LogP contribution in [0.1, 0.15) is 10.4 Å². The minimum Gasteiger partial charge on any atom is -0.481 e. The van der Waals surface area contributed by atoms with Crippen molar-refractivity contribution in [2.75, 3.05) is 38.6 Å². The van der Waals surface area contributed by atoms with Crippen LogP contribution in [0.25, 0.3) is 0 Å². The van der Waals surface area contributed by atoms with Crippen molar-refractivity contribution in [2.24, 2.45) is 0 Å². The molecule has 0 bridgehead atoms. The Bertz CT molecular complexity index is 834. The van der Waals surface area contributed by atoms with Gasteiger partial charge in [-0.15, -0.1) is 0 Å². The number of hydrogen-bond donors (Lipinski definition) is 1. The van der Waals surface area contributed by atoms with E-state index in [2.05, 4.69) is 10.3 Å². The topological polar surface area (TPSA) is 74.8 Å². The second-order valence-electron chi connectivity index (χ2n) is 5.87. The second-order valence-corrected chi connectivity index (χ2v) is 5.87. The fourth-order valence-corrected chi connectivity index (χ4v) is 2.76. The number of amides is 3. The van der Waals surface area contributed by atoms with Gasteiger partial charge in [-0.25, -0.2) is 13.6 Å². The summed E-state index contributed by atoms with van der Waals surface area (Å²) in [5.41, 5.74) is -0.573. The van der Waals surface area contributed by atoms with Gasteiger partial charge in [0.15, 0.2) is 0 Å². The SMILES string of the molecule is COc1cccc(NC(=O)N2CCN(C(=O)c3c(F)cccc3F)CC2)n1. The predicted molar refractivity (Wildman–Crippen MR) is 93.6 cm³/mol. The van der Waals surface area contributed by atoms with Crippen LogP contribution in [0.2, 0.25) is 0 Å². The smallest absolute Gasteiger partial charge is 0.323 e. The van der Waals surface area contributed by atoms with E-state index in [1.807, 2.05) is 0 Å². The zero-order chi connectivity index (χ0) is 19.4. The lowest BCUT2D eigenvalue weighted by Gasteiger charge is -2.34. The Morgan fingerprint density at radius 2 is 1.59 bits per heavy atom. The zero-order valence-electron chi connectivity index (χ0n) is 14.6. The molecule has 0 radical (unpaired) electrons. The van der Waals surface area contributed by atoms with Crippen molar-refractivity contribution in [1.82, 2.24) is 14.8 Å². The molecule has 1 saturated heterocycles. The quantitative estimate of drug-likeness (QED) is 0.893. The molecule has 1 N–H and O–H groups in total. The Kier molecular flexibility index (Phi) is 5.49. The van der Waals surface area contributed by atoms with Crippen LogP contribution in [0.3, 0.4) is 0 Å². The molecule has 9 heteroatoms. The Morgan fingerprint density at radius 3 is 2.22 bits per heavy atom. The Labute approximate surface area is 154 Å². The first-order valence-electron chi connectivity index (χ1n) is 8.30. The minimum absolute atomic E-state index is 0.172. The highest BCUT2D eigenvalue weighted by atomic mass is 19.1. The highest BCUT2D eigenvalue weighted by molar-refractivity contribution is 5.95. The highest BCUT2D eigenvalue weighted by Crippen LogP contribution is 2.17. The van der Waals surface area contributed by atoms with Gasteiger partial charge in [0, 0.05) is 32.2 Å². The maximum atomic E-state index is 13.8. The lowest BCUT2D eigenvalue weighted by molar-refractivity contribution is 0.0662. The van der Waals surface area contributed by atoms with Crippen LogP contribution >= 0.6 is 0 Å². The molecular formula is C18H18F2N4O3. The third kappa shape index (κ3) is 4.13. The Balaban J connectivity index is 1.59.